The summed E-state index contributed by atoms with van der Waals surface area (Å²) in [5.41, 5.74) is 3.90. The minimum absolute atomic E-state index is 0.0647. The number of nitrogens with zero attached hydrogens (tertiary/aromatic N) is 3. The molecule has 0 bridgehead atoms. The van der Waals surface area contributed by atoms with Gasteiger partial charge in [0.15, 0.2) is 11.5 Å². The third-order valence-electron chi connectivity index (χ3n) is 7.34. The quantitative estimate of drug-likeness (QED) is 0.241. The minimum atomic E-state index is -0.476. The summed E-state index contributed by atoms with van der Waals surface area (Å²) in [5, 5.41) is 7.35. The Hall–Kier alpha value is -5.16. The maximum Gasteiger partial charge on any atom is 0.244 e. The van der Waals surface area contributed by atoms with Crippen molar-refractivity contribution in [2.24, 2.45) is 0 Å². The molecule has 0 spiro atoms. The molecule has 2 aliphatic heterocycles. The van der Waals surface area contributed by atoms with E-state index < -0.39 is 22.8 Å². The highest BCUT2D eigenvalue weighted by Crippen LogP contribution is 2.50. The molecule has 11 heteroatoms. The Morgan fingerprint density at radius 1 is 0.909 bits per heavy atom. The van der Waals surface area contributed by atoms with Crippen LogP contribution in [0.2, 0.25) is 0 Å². The van der Waals surface area contributed by atoms with Crippen LogP contribution in [-0.4, -0.2) is 40.7 Å². The van der Waals surface area contributed by atoms with Crippen molar-refractivity contribution in [3.8, 4) is 28.4 Å². The molecular formula is C33H24F2N4O4S. The van der Waals surface area contributed by atoms with Crippen molar-refractivity contribution in [2.45, 2.75) is 5.25 Å². The summed E-state index contributed by atoms with van der Waals surface area (Å²) in [5.74, 6) is 0.0507. The van der Waals surface area contributed by atoms with Crippen LogP contribution in [0.15, 0.2) is 97.1 Å². The fourth-order valence-corrected chi connectivity index (χ4v) is 6.50. The van der Waals surface area contributed by atoms with Crippen LogP contribution in [-0.2, 0) is 9.59 Å². The zero-order valence-electron chi connectivity index (χ0n) is 23.1. The Labute approximate surface area is 255 Å². The van der Waals surface area contributed by atoms with Crippen LogP contribution in [0.4, 0.5) is 20.3 Å². The lowest BCUT2D eigenvalue weighted by molar-refractivity contribution is -0.120. The fraction of sp³-hybridized carbons (Fsp3) is 0.121. The fourth-order valence-electron chi connectivity index (χ4n) is 5.31. The number of nitrogens with one attached hydrogen (secondary N) is 1. The van der Waals surface area contributed by atoms with Crippen LogP contribution >= 0.6 is 11.8 Å². The van der Waals surface area contributed by atoms with Crippen molar-refractivity contribution in [3.05, 3.63) is 120 Å². The van der Waals surface area contributed by atoms with Crippen LogP contribution in [0.1, 0.15) is 16.4 Å². The molecule has 0 fully saturated rings. The standard InChI is InChI=1S/C33H24F2N4O4S/c34-22-7-11-24(12-8-22)36-28(40)17-38-29(41)18-44-32(21-6-15-26-27(16-21)43-19-42-26)30-31(20-4-2-1-3-5-20)37-39(33(30)38)25-13-9-23(35)10-14-25/h1-16,32H,17-19H2,(H,36,40). The molecule has 1 atom stereocenters. The van der Waals surface area contributed by atoms with Crippen LogP contribution in [0, 0.1) is 11.6 Å². The zero-order chi connectivity index (χ0) is 30.2. The highest BCUT2D eigenvalue weighted by molar-refractivity contribution is 8.00. The van der Waals surface area contributed by atoms with Gasteiger partial charge in [0.05, 0.1) is 22.4 Å². The molecule has 2 amide bonds. The van der Waals surface area contributed by atoms with Gasteiger partial charge < -0.3 is 14.8 Å². The first-order valence-corrected chi connectivity index (χ1v) is 14.8. The predicted molar refractivity (Wildman–Crippen MR) is 163 cm³/mol. The van der Waals surface area contributed by atoms with Gasteiger partial charge in [-0.1, -0.05) is 36.4 Å². The molecule has 2 aliphatic rings. The molecule has 3 heterocycles. The van der Waals surface area contributed by atoms with Crippen molar-refractivity contribution in [2.75, 3.05) is 29.3 Å². The molecule has 5 aromatic rings. The number of fused-ring (bicyclic) bond motifs is 2. The lowest BCUT2D eigenvalue weighted by Gasteiger charge is -2.23. The van der Waals surface area contributed by atoms with Gasteiger partial charge in [0.2, 0.25) is 18.6 Å². The first kappa shape index (κ1) is 27.7. The van der Waals surface area contributed by atoms with E-state index in [-0.39, 0.29) is 25.0 Å². The van der Waals surface area contributed by atoms with Crippen LogP contribution in [0.25, 0.3) is 16.9 Å². The van der Waals surface area contributed by atoms with Gasteiger partial charge in [0.1, 0.15) is 24.0 Å². The Morgan fingerprint density at radius 3 is 2.36 bits per heavy atom. The van der Waals surface area contributed by atoms with Gasteiger partial charge in [-0.15, -0.1) is 11.8 Å². The van der Waals surface area contributed by atoms with Gasteiger partial charge in [-0.05, 0) is 66.2 Å². The summed E-state index contributed by atoms with van der Waals surface area (Å²) in [6, 6.07) is 26.4. The summed E-state index contributed by atoms with van der Waals surface area (Å²) < 4.78 is 40.3. The first-order valence-electron chi connectivity index (χ1n) is 13.8. The number of carbonyl (C=O) groups excluding carboxylic acids is 2. The van der Waals surface area contributed by atoms with E-state index in [0.717, 1.165) is 11.1 Å². The van der Waals surface area contributed by atoms with Gasteiger partial charge in [-0.2, -0.15) is 5.10 Å². The molecule has 0 saturated carbocycles. The average molecular weight is 611 g/mol. The third-order valence-corrected chi connectivity index (χ3v) is 8.59. The van der Waals surface area contributed by atoms with Crippen molar-refractivity contribution < 1.29 is 27.8 Å². The second kappa shape index (κ2) is 11.5. The molecule has 0 radical (unpaired) electrons. The van der Waals surface area contributed by atoms with Crippen molar-refractivity contribution in [1.82, 2.24) is 9.78 Å². The number of rotatable bonds is 6. The SMILES string of the molecule is O=C(CN1C(=O)CSC(c2ccc3c(c2)OCO3)c2c(-c3ccccc3)nn(-c3ccc(F)cc3)c21)Nc1ccc(F)cc1. The lowest BCUT2D eigenvalue weighted by Crippen LogP contribution is -2.40. The van der Waals surface area contributed by atoms with Crippen LogP contribution in [0.3, 0.4) is 0 Å². The van der Waals surface area contributed by atoms with Crippen molar-refractivity contribution in [1.29, 1.82) is 0 Å². The van der Waals surface area contributed by atoms with E-state index in [9.17, 15) is 18.4 Å². The number of hydrogen-bond acceptors (Lipinski definition) is 6. The molecule has 7 rings (SSSR count). The Balaban J connectivity index is 1.41. The molecule has 220 valence electrons. The van der Waals surface area contributed by atoms with E-state index in [0.29, 0.717) is 39.9 Å². The molecule has 4 aromatic carbocycles. The lowest BCUT2D eigenvalue weighted by atomic mass is 9.99. The van der Waals surface area contributed by atoms with E-state index in [1.54, 1.807) is 16.8 Å². The summed E-state index contributed by atoms with van der Waals surface area (Å²) in [6.45, 7) is -0.214. The smallest absolute Gasteiger partial charge is 0.244 e. The predicted octanol–water partition coefficient (Wildman–Crippen LogP) is 6.35. The van der Waals surface area contributed by atoms with Gasteiger partial charge in [-0.25, -0.2) is 13.5 Å². The maximum absolute atomic E-state index is 14.0. The minimum Gasteiger partial charge on any atom is -0.454 e. The van der Waals surface area contributed by atoms with Crippen molar-refractivity contribution >= 4 is 35.1 Å². The van der Waals surface area contributed by atoms with Crippen molar-refractivity contribution in [3.63, 3.8) is 0 Å². The van der Waals surface area contributed by atoms with E-state index in [2.05, 4.69) is 5.32 Å². The number of halogens is 2. The number of ether oxygens (including phenoxy) is 2. The van der Waals surface area contributed by atoms with E-state index in [1.807, 2.05) is 48.5 Å². The molecule has 44 heavy (non-hydrogen) atoms. The van der Waals surface area contributed by atoms with Crippen LogP contribution < -0.4 is 19.7 Å². The Bertz CT molecular complexity index is 1860. The number of anilines is 2. The summed E-state index contributed by atoms with van der Waals surface area (Å²) in [4.78, 5) is 28.7. The number of hydrogen-bond donors (Lipinski definition) is 1. The second-order valence-corrected chi connectivity index (χ2v) is 11.3. The largest absolute Gasteiger partial charge is 0.454 e. The molecule has 0 aliphatic carbocycles. The van der Waals surface area contributed by atoms with E-state index >= 15 is 0 Å². The van der Waals surface area contributed by atoms with E-state index in [4.69, 9.17) is 14.6 Å². The average Bonchev–Trinajstić information content (AvgIpc) is 3.64. The zero-order valence-corrected chi connectivity index (χ0v) is 23.9. The second-order valence-electron chi connectivity index (χ2n) is 10.2. The normalized spacial score (nSPS) is 15.5. The van der Waals surface area contributed by atoms with Gasteiger partial charge >= 0.3 is 0 Å². The molecular weight excluding hydrogens is 586 g/mol. The number of amides is 2. The van der Waals surface area contributed by atoms with E-state index in [1.165, 1.54) is 53.1 Å². The Morgan fingerprint density at radius 2 is 1.61 bits per heavy atom. The molecule has 1 N–H and O–H groups in total. The first-order chi connectivity index (χ1) is 21.4. The molecule has 1 aromatic heterocycles. The number of carbonyl (C=O) groups is 2. The maximum atomic E-state index is 14.0. The summed E-state index contributed by atoms with van der Waals surface area (Å²) in [6.07, 6.45) is 0. The van der Waals surface area contributed by atoms with Gasteiger partial charge in [0.25, 0.3) is 0 Å². The molecule has 0 saturated heterocycles. The van der Waals surface area contributed by atoms with Gasteiger partial charge in [0, 0.05) is 16.8 Å². The number of benzene rings is 4. The molecule has 1 unspecified atom stereocenters. The topological polar surface area (TPSA) is 85.7 Å². The van der Waals surface area contributed by atoms with Crippen LogP contribution in [0.5, 0.6) is 11.5 Å². The highest BCUT2D eigenvalue weighted by Gasteiger charge is 2.38. The highest BCUT2D eigenvalue weighted by atomic mass is 32.2. The third kappa shape index (κ3) is 5.26. The monoisotopic (exact) mass is 610 g/mol. The Kier molecular flexibility index (Phi) is 7.23. The summed E-state index contributed by atoms with van der Waals surface area (Å²) >= 11 is 1.42. The van der Waals surface area contributed by atoms with Gasteiger partial charge in [-0.3, -0.25) is 14.5 Å². The number of aromatic nitrogens is 2. The number of thioether (sulfide) groups is 1. The summed E-state index contributed by atoms with van der Waals surface area (Å²) in [7, 11) is 0. The molecule has 8 nitrogen and oxygen atoms in total.